The summed E-state index contributed by atoms with van der Waals surface area (Å²) in [4.78, 5) is 22.0. The molecule has 27 heavy (non-hydrogen) atoms. The van der Waals surface area contributed by atoms with Crippen molar-refractivity contribution in [1.82, 2.24) is 9.88 Å². The monoisotopic (exact) mass is 360 g/mol. The predicted molar refractivity (Wildman–Crippen MR) is 104 cm³/mol. The second-order valence-corrected chi connectivity index (χ2v) is 7.28. The molecule has 1 unspecified atom stereocenters. The molecular formula is C22H24N4O. The SMILES string of the molecule is N#Cc1ccccc1N1CCCN(C(=O)C2CCCc3ncccc32)CC1. The third-order valence-corrected chi connectivity index (χ3v) is 5.68. The van der Waals surface area contributed by atoms with Crippen molar-refractivity contribution < 1.29 is 4.79 Å². The molecule has 1 aromatic carbocycles. The first-order chi connectivity index (χ1) is 13.3. The number of nitriles is 1. The van der Waals surface area contributed by atoms with Crippen LogP contribution in [0.2, 0.25) is 0 Å². The van der Waals surface area contributed by atoms with E-state index in [1.54, 1.807) is 0 Å². The fourth-order valence-electron chi connectivity index (χ4n) is 4.31. The number of para-hydroxylation sites is 1. The fourth-order valence-corrected chi connectivity index (χ4v) is 4.31. The smallest absolute Gasteiger partial charge is 0.230 e. The van der Waals surface area contributed by atoms with Gasteiger partial charge in [0.05, 0.1) is 17.2 Å². The Labute approximate surface area is 160 Å². The first-order valence-corrected chi connectivity index (χ1v) is 9.74. The Morgan fingerprint density at radius 2 is 1.96 bits per heavy atom. The van der Waals surface area contributed by atoms with E-state index in [0.717, 1.165) is 62.3 Å². The summed E-state index contributed by atoms with van der Waals surface area (Å²) in [5, 5.41) is 9.38. The molecule has 0 saturated carbocycles. The lowest BCUT2D eigenvalue weighted by Gasteiger charge is -2.30. The highest BCUT2D eigenvalue weighted by Gasteiger charge is 2.31. The quantitative estimate of drug-likeness (QED) is 0.826. The molecule has 2 aromatic rings. The predicted octanol–water partition coefficient (Wildman–Crippen LogP) is 3.11. The number of carbonyl (C=O) groups excluding carboxylic acids is 1. The molecule has 1 atom stereocenters. The lowest BCUT2D eigenvalue weighted by Crippen LogP contribution is -2.39. The number of hydrogen-bond donors (Lipinski definition) is 0. The molecule has 0 radical (unpaired) electrons. The van der Waals surface area contributed by atoms with Gasteiger partial charge in [-0.25, -0.2) is 0 Å². The minimum Gasteiger partial charge on any atom is -0.369 e. The maximum Gasteiger partial charge on any atom is 0.230 e. The molecule has 1 aliphatic carbocycles. The van der Waals surface area contributed by atoms with Gasteiger partial charge in [-0.1, -0.05) is 18.2 Å². The lowest BCUT2D eigenvalue weighted by atomic mass is 9.84. The number of aromatic nitrogens is 1. The lowest BCUT2D eigenvalue weighted by molar-refractivity contribution is -0.133. The van der Waals surface area contributed by atoms with E-state index in [2.05, 4.69) is 22.0 Å². The molecule has 138 valence electrons. The molecule has 2 aliphatic rings. The van der Waals surface area contributed by atoms with Crippen LogP contribution in [0.5, 0.6) is 0 Å². The number of rotatable bonds is 2. The third kappa shape index (κ3) is 3.52. The zero-order valence-corrected chi connectivity index (χ0v) is 15.5. The molecule has 1 fully saturated rings. The summed E-state index contributed by atoms with van der Waals surface area (Å²) in [6.07, 6.45) is 5.64. The number of nitrogens with zero attached hydrogens (tertiary/aromatic N) is 4. The summed E-state index contributed by atoms with van der Waals surface area (Å²) < 4.78 is 0. The Balaban J connectivity index is 1.49. The van der Waals surface area contributed by atoms with Gasteiger partial charge in [0.2, 0.25) is 5.91 Å². The molecule has 0 bridgehead atoms. The van der Waals surface area contributed by atoms with E-state index >= 15 is 0 Å². The highest BCUT2D eigenvalue weighted by Crippen LogP contribution is 2.32. The second-order valence-electron chi connectivity index (χ2n) is 7.28. The normalized spacial score (nSPS) is 19.7. The number of anilines is 1. The first kappa shape index (κ1) is 17.5. The van der Waals surface area contributed by atoms with Crippen LogP contribution in [0.3, 0.4) is 0 Å². The summed E-state index contributed by atoms with van der Waals surface area (Å²) in [7, 11) is 0. The summed E-state index contributed by atoms with van der Waals surface area (Å²) in [5.74, 6) is 0.180. The van der Waals surface area contributed by atoms with Crippen LogP contribution in [0, 0.1) is 11.3 Å². The minimum atomic E-state index is -0.0552. The largest absolute Gasteiger partial charge is 0.369 e. The van der Waals surface area contributed by atoms with Gasteiger partial charge in [0.1, 0.15) is 6.07 Å². The Kier molecular flexibility index (Phi) is 5.06. The van der Waals surface area contributed by atoms with Gasteiger partial charge < -0.3 is 9.80 Å². The molecule has 2 heterocycles. The van der Waals surface area contributed by atoms with E-state index in [1.165, 1.54) is 0 Å². The summed E-state index contributed by atoms with van der Waals surface area (Å²) in [6, 6.07) is 14.0. The number of aryl methyl sites for hydroxylation is 1. The Morgan fingerprint density at radius 3 is 2.85 bits per heavy atom. The highest BCUT2D eigenvalue weighted by molar-refractivity contribution is 5.84. The van der Waals surface area contributed by atoms with E-state index in [0.29, 0.717) is 12.1 Å². The van der Waals surface area contributed by atoms with Gasteiger partial charge in [-0.15, -0.1) is 0 Å². The van der Waals surface area contributed by atoms with Crippen molar-refractivity contribution in [3.63, 3.8) is 0 Å². The van der Waals surface area contributed by atoms with Crippen molar-refractivity contribution >= 4 is 11.6 Å². The van der Waals surface area contributed by atoms with Crippen molar-refractivity contribution in [2.24, 2.45) is 0 Å². The Hall–Kier alpha value is -2.87. The molecule has 1 aliphatic heterocycles. The van der Waals surface area contributed by atoms with E-state index in [-0.39, 0.29) is 11.8 Å². The van der Waals surface area contributed by atoms with E-state index in [1.807, 2.05) is 41.4 Å². The van der Waals surface area contributed by atoms with E-state index < -0.39 is 0 Å². The number of carbonyl (C=O) groups is 1. The van der Waals surface area contributed by atoms with Crippen LogP contribution in [0.25, 0.3) is 0 Å². The number of hydrogen-bond acceptors (Lipinski definition) is 4. The summed E-state index contributed by atoms with van der Waals surface area (Å²) in [6.45, 7) is 3.10. The Bertz CT molecular complexity index is 873. The second kappa shape index (κ2) is 7.79. The van der Waals surface area contributed by atoms with Gasteiger partial charge in [-0.05, 0) is 49.4 Å². The van der Waals surface area contributed by atoms with Crippen molar-refractivity contribution in [3.05, 3.63) is 59.4 Å². The van der Waals surface area contributed by atoms with Crippen LogP contribution in [0.4, 0.5) is 5.69 Å². The zero-order valence-electron chi connectivity index (χ0n) is 15.5. The van der Waals surface area contributed by atoms with E-state index in [4.69, 9.17) is 0 Å². The molecule has 5 nitrogen and oxygen atoms in total. The van der Waals surface area contributed by atoms with Crippen molar-refractivity contribution in [3.8, 4) is 6.07 Å². The highest BCUT2D eigenvalue weighted by atomic mass is 16.2. The van der Waals surface area contributed by atoms with Gasteiger partial charge in [0, 0.05) is 38.1 Å². The topological polar surface area (TPSA) is 60.2 Å². The molecule has 1 aromatic heterocycles. The average molecular weight is 360 g/mol. The zero-order chi connectivity index (χ0) is 18.6. The molecule has 5 heteroatoms. The summed E-state index contributed by atoms with van der Waals surface area (Å²) in [5.41, 5.74) is 3.87. The Morgan fingerprint density at radius 1 is 1.07 bits per heavy atom. The van der Waals surface area contributed by atoms with Crippen molar-refractivity contribution in [2.45, 2.75) is 31.6 Å². The number of benzene rings is 1. The van der Waals surface area contributed by atoms with Crippen LogP contribution in [0.15, 0.2) is 42.6 Å². The molecular weight excluding hydrogens is 336 g/mol. The van der Waals surface area contributed by atoms with Gasteiger partial charge in [-0.2, -0.15) is 5.26 Å². The molecule has 1 amide bonds. The maximum atomic E-state index is 13.3. The van der Waals surface area contributed by atoms with Gasteiger partial charge in [0.25, 0.3) is 0 Å². The molecule has 0 spiro atoms. The van der Waals surface area contributed by atoms with Gasteiger partial charge >= 0.3 is 0 Å². The van der Waals surface area contributed by atoms with Crippen LogP contribution in [0.1, 0.15) is 42.0 Å². The third-order valence-electron chi connectivity index (χ3n) is 5.68. The number of pyridine rings is 1. The van der Waals surface area contributed by atoms with Crippen molar-refractivity contribution in [2.75, 3.05) is 31.1 Å². The van der Waals surface area contributed by atoms with Crippen LogP contribution < -0.4 is 4.90 Å². The summed E-state index contributed by atoms with van der Waals surface area (Å²) >= 11 is 0. The van der Waals surface area contributed by atoms with Crippen LogP contribution in [-0.2, 0) is 11.2 Å². The minimum absolute atomic E-state index is 0.0552. The van der Waals surface area contributed by atoms with Crippen LogP contribution >= 0.6 is 0 Å². The maximum absolute atomic E-state index is 13.3. The molecule has 4 rings (SSSR count). The van der Waals surface area contributed by atoms with E-state index in [9.17, 15) is 10.1 Å². The van der Waals surface area contributed by atoms with Crippen LogP contribution in [-0.4, -0.2) is 42.0 Å². The van der Waals surface area contributed by atoms with Gasteiger partial charge in [-0.3, -0.25) is 9.78 Å². The number of fused-ring (bicyclic) bond motifs is 1. The molecule has 0 N–H and O–H groups in total. The standard InChI is InChI=1S/C22H24N4O/c23-16-17-6-1-2-10-21(17)25-12-5-13-26(15-14-25)22(27)19-7-3-9-20-18(19)8-4-11-24-20/h1-2,4,6,8,10-11,19H,3,5,7,9,12-15H2. The number of amides is 1. The van der Waals surface area contributed by atoms with Crippen molar-refractivity contribution in [1.29, 1.82) is 5.26 Å². The van der Waals surface area contributed by atoms with Gasteiger partial charge in [0.15, 0.2) is 0 Å². The fraction of sp³-hybridized carbons (Fsp3) is 0.409. The average Bonchev–Trinajstić information content (AvgIpc) is 2.99. The molecule has 1 saturated heterocycles. The first-order valence-electron chi connectivity index (χ1n) is 9.74.